The highest BCUT2D eigenvalue weighted by Crippen LogP contribution is 2.31. The lowest BCUT2D eigenvalue weighted by Gasteiger charge is -2.44. The van der Waals surface area contributed by atoms with E-state index in [1.165, 1.54) is 60.9 Å². The highest BCUT2D eigenvalue weighted by molar-refractivity contribution is 7.80. The van der Waals surface area contributed by atoms with Crippen molar-refractivity contribution in [2.75, 3.05) is 25.5 Å². The smallest absolute Gasteiger partial charge is 0.173 e. The summed E-state index contributed by atoms with van der Waals surface area (Å²) in [5.74, 6) is 0.844. The van der Waals surface area contributed by atoms with Gasteiger partial charge in [-0.3, -0.25) is 0 Å². The van der Waals surface area contributed by atoms with Crippen LogP contribution < -0.4 is 5.32 Å². The minimum atomic E-state index is 0.706. The molecule has 0 amide bonds. The molecule has 1 aromatic carbocycles. The summed E-state index contributed by atoms with van der Waals surface area (Å²) in [6.07, 6.45) is 8.03. The zero-order chi connectivity index (χ0) is 19.6. The van der Waals surface area contributed by atoms with E-state index in [-0.39, 0.29) is 0 Å². The van der Waals surface area contributed by atoms with E-state index in [0.717, 1.165) is 30.2 Å². The van der Waals surface area contributed by atoms with Gasteiger partial charge in [-0.15, -0.1) is 0 Å². The normalized spacial score (nSPS) is 24.3. The number of aryl methyl sites for hydroxylation is 3. The molecule has 1 aliphatic carbocycles. The number of hydrogen-bond donors (Lipinski definition) is 1. The molecule has 1 N–H and O–H groups in total. The van der Waals surface area contributed by atoms with Gasteiger partial charge in [0, 0.05) is 30.9 Å². The van der Waals surface area contributed by atoms with Crippen molar-refractivity contribution in [1.29, 1.82) is 0 Å². The summed E-state index contributed by atoms with van der Waals surface area (Å²) in [5, 5.41) is 4.42. The van der Waals surface area contributed by atoms with Gasteiger partial charge >= 0.3 is 0 Å². The number of nitrogens with zero attached hydrogens (tertiary/aromatic N) is 2. The van der Waals surface area contributed by atoms with Crippen LogP contribution in [0.4, 0.5) is 5.69 Å². The summed E-state index contributed by atoms with van der Waals surface area (Å²) in [5.41, 5.74) is 5.04. The van der Waals surface area contributed by atoms with E-state index < -0.39 is 0 Å². The average Bonchev–Trinajstić information content (AvgIpc) is 2.64. The lowest BCUT2D eigenvalue weighted by Crippen LogP contribution is -2.51. The molecule has 1 heterocycles. The number of anilines is 1. The third kappa shape index (κ3) is 4.83. The molecule has 0 unspecified atom stereocenters. The molecule has 27 heavy (non-hydrogen) atoms. The summed E-state index contributed by atoms with van der Waals surface area (Å²) in [6, 6.07) is 5.94. The molecule has 2 aliphatic rings. The fourth-order valence-electron chi connectivity index (χ4n) is 5.21. The van der Waals surface area contributed by atoms with Crippen LogP contribution in [0, 0.1) is 26.7 Å². The van der Waals surface area contributed by atoms with Crippen LogP contribution in [0.25, 0.3) is 0 Å². The van der Waals surface area contributed by atoms with Crippen molar-refractivity contribution in [2.45, 2.75) is 78.3 Å². The number of nitrogens with one attached hydrogen (secondary N) is 1. The van der Waals surface area contributed by atoms with Gasteiger partial charge in [-0.25, -0.2) is 0 Å². The minimum absolute atomic E-state index is 0.706. The van der Waals surface area contributed by atoms with Gasteiger partial charge in [0.15, 0.2) is 5.11 Å². The van der Waals surface area contributed by atoms with Crippen LogP contribution in [0.3, 0.4) is 0 Å². The van der Waals surface area contributed by atoms with Crippen molar-refractivity contribution in [3.05, 3.63) is 28.8 Å². The molecule has 3 nitrogen and oxygen atoms in total. The largest absolute Gasteiger partial charge is 0.349 e. The molecule has 2 atom stereocenters. The summed E-state index contributed by atoms with van der Waals surface area (Å²) in [4.78, 5) is 5.06. The second-order valence-corrected chi connectivity index (χ2v) is 9.30. The van der Waals surface area contributed by atoms with Crippen molar-refractivity contribution < 1.29 is 0 Å². The van der Waals surface area contributed by atoms with E-state index in [2.05, 4.69) is 62.0 Å². The Hall–Kier alpha value is -1.13. The van der Waals surface area contributed by atoms with Gasteiger partial charge in [-0.05, 0) is 82.8 Å². The molecule has 2 fully saturated rings. The van der Waals surface area contributed by atoms with Crippen molar-refractivity contribution in [1.82, 2.24) is 9.80 Å². The topological polar surface area (TPSA) is 18.5 Å². The van der Waals surface area contributed by atoms with E-state index in [9.17, 15) is 0 Å². The van der Waals surface area contributed by atoms with Gasteiger partial charge in [-0.1, -0.05) is 37.5 Å². The molecular formula is C23H37N3S. The highest BCUT2D eigenvalue weighted by atomic mass is 32.1. The molecule has 0 spiro atoms. The Morgan fingerprint density at radius 1 is 1.04 bits per heavy atom. The van der Waals surface area contributed by atoms with Crippen molar-refractivity contribution in [3.63, 3.8) is 0 Å². The zero-order valence-corrected chi connectivity index (χ0v) is 18.7. The fraction of sp³-hybridized carbons (Fsp3) is 0.696. The Bertz CT molecular complexity index is 641. The van der Waals surface area contributed by atoms with E-state index in [1.54, 1.807) is 0 Å². The van der Waals surface area contributed by atoms with Crippen LogP contribution in [-0.2, 0) is 0 Å². The molecule has 1 saturated carbocycles. The first-order valence-corrected chi connectivity index (χ1v) is 11.1. The molecule has 150 valence electrons. The van der Waals surface area contributed by atoms with Gasteiger partial charge < -0.3 is 15.1 Å². The predicted molar refractivity (Wildman–Crippen MR) is 121 cm³/mol. The fourth-order valence-corrected chi connectivity index (χ4v) is 5.50. The maximum atomic E-state index is 5.76. The van der Waals surface area contributed by atoms with E-state index in [0.29, 0.717) is 6.04 Å². The first-order valence-electron chi connectivity index (χ1n) is 10.7. The minimum Gasteiger partial charge on any atom is -0.349 e. The molecule has 0 aromatic heterocycles. The Morgan fingerprint density at radius 3 is 2.22 bits per heavy atom. The number of hydrogen-bond acceptors (Lipinski definition) is 2. The quantitative estimate of drug-likeness (QED) is 0.711. The van der Waals surface area contributed by atoms with Crippen LogP contribution in [0.15, 0.2) is 12.1 Å². The summed E-state index contributed by atoms with van der Waals surface area (Å²) >= 11 is 5.76. The van der Waals surface area contributed by atoms with E-state index in [4.69, 9.17) is 12.2 Å². The van der Waals surface area contributed by atoms with Crippen molar-refractivity contribution in [3.8, 4) is 0 Å². The maximum absolute atomic E-state index is 5.76. The third-order valence-corrected chi connectivity index (χ3v) is 7.19. The lowest BCUT2D eigenvalue weighted by molar-refractivity contribution is 0.0691. The molecular weight excluding hydrogens is 350 g/mol. The molecule has 0 radical (unpaired) electrons. The van der Waals surface area contributed by atoms with E-state index >= 15 is 0 Å². The second-order valence-electron chi connectivity index (χ2n) is 8.92. The van der Waals surface area contributed by atoms with Gasteiger partial charge in [0.05, 0.1) is 0 Å². The monoisotopic (exact) mass is 387 g/mol. The van der Waals surface area contributed by atoms with E-state index in [1.807, 2.05) is 0 Å². The van der Waals surface area contributed by atoms with Crippen LogP contribution in [-0.4, -0.2) is 47.1 Å². The Morgan fingerprint density at radius 2 is 1.63 bits per heavy atom. The number of piperidine rings is 1. The molecule has 1 aliphatic heterocycles. The molecule has 1 saturated heterocycles. The predicted octanol–water partition coefficient (Wildman–Crippen LogP) is 5.28. The van der Waals surface area contributed by atoms with Crippen molar-refractivity contribution >= 4 is 23.0 Å². The number of thiocarbonyl (C=S) groups is 1. The zero-order valence-electron chi connectivity index (χ0n) is 17.8. The average molecular weight is 388 g/mol. The standard InChI is InChI=1S/C23H37N3S/c1-16-14-18(3)22(19(4)15-16)24-23(27)26-12-10-20(11-13-26)25(5)21-9-7-6-8-17(21)2/h14-15,17,20-21H,6-13H2,1-5H3,(H,24,27)/t17-,21+/m0/s1. The Balaban J connectivity index is 1.55. The van der Waals surface area contributed by atoms with Crippen LogP contribution >= 0.6 is 12.2 Å². The van der Waals surface area contributed by atoms with Gasteiger partial charge in [-0.2, -0.15) is 0 Å². The van der Waals surface area contributed by atoms with Crippen LogP contribution in [0.5, 0.6) is 0 Å². The molecule has 4 heteroatoms. The number of rotatable bonds is 3. The van der Waals surface area contributed by atoms with Crippen molar-refractivity contribution in [2.24, 2.45) is 5.92 Å². The Kier molecular flexibility index (Phi) is 6.80. The third-order valence-electron chi connectivity index (χ3n) is 6.83. The van der Waals surface area contributed by atoms with Crippen LogP contribution in [0.2, 0.25) is 0 Å². The van der Waals surface area contributed by atoms with Gasteiger partial charge in [0.25, 0.3) is 0 Å². The van der Waals surface area contributed by atoms with Gasteiger partial charge in [0.1, 0.15) is 0 Å². The summed E-state index contributed by atoms with van der Waals surface area (Å²) in [7, 11) is 2.36. The van der Waals surface area contributed by atoms with Crippen LogP contribution in [0.1, 0.15) is 62.1 Å². The first kappa shape index (κ1) is 20.6. The number of benzene rings is 1. The summed E-state index contributed by atoms with van der Waals surface area (Å²) in [6.45, 7) is 11.0. The number of likely N-dealkylation sites (tertiary alicyclic amines) is 1. The first-order chi connectivity index (χ1) is 12.9. The maximum Gasteiger partial charge on any atom is 0.173 e. The Labute approximate surface area is 171 Å². The van der Waals surface area contributed by atoms with Gasteiger partial charge in [0.2, 0.25) is 0 Å². The molecule has 1 aromatic rings. The highest BCUT2D eigenvalue weighted by Gasteiger charge is 2.31. The molecule has 0 bridgehead atoms. The second kappa shape index (κ2) is 8.91. The lowest BCUT2D eigenvalue weighted by atomic mass is 9.84. The SMILES string of the molecule is Cc1cc(C)c(NC(=S)N2CCC(N(C)[C@@H]3CCCC[C@@H]3C)CC2)c(C)c1. The summed E-state index contributed by atoms with van der Waals surface area (Å²) < 4.78 is 0. The molecule has 3 rings (SSSR count).